The number of anilines is 1. The maximum atomic E-state index is 14.0. The SMILES string of the molecule is COc1cccc([C@H]2C(C#N)=C3N=C(N)c4c(sc5c4CCCCC5)N3C3=C2C(=O)CC(C)(C)C3)c1OC. The Hall–Kier alpha value is -3.57. The van der Waals surface area contributed by atoms with Crippen LogP contribution < -0.4 is 20.1 Å². The van der Waals surface area contributed by atoms with Gasteiger partial charge in [-0.2, -0.15) is 5.26 Å². The number of amidine groups is 1. The first kappa shape index (κ1) is 24.7. The molecule has 2 aromatic rings. The predicted molar refractivity (Wildman–Crippen MR) is 149 cm³/mol. The lowest BCUT2D eigenvalue weighted by atomic mass is 9.68. The molecule has 1 aromatic heterocycles. The topological polar surface area (TPSA) is 101 Å². The van der Waals surface area contributed by atoms with Gasteiger partial charge in [-0.25, -0.2) is 4.99 Å². The number of ketones is 1. The van der Waals surface area contributed by atoms with Crippen molar-refractivity contribution in [1.29, 1.82) is 5.26 Å². The number of carbonyl (C=O) groups is 1. The third-order valence-corrected chi connectivity index (χ3v) is 9.43. The highest BCUT2D eigenvalue weighted by molar-refractivity contribution is 7.17. The van der Waals surface area contributed by atoms with Crippen molar-refractivity contribution >= 4 is 28.0 Å². The van der Waals surface area contributed by atoms with Gasteiger partial charge in [-0.1, -0.05) is 32.4 Å². The molecule has 1 aromatic carbocycles. The molecule has 0 radical (unpaired) electrons. The van der Waals surface area contributed by atoms with Gasteiger partial charge in [0, 0.05) is 28.1 Å². The van der Waals surface area contributed by atoms with Gasteiger partial charge in [0.05, 0.1) is 37.3 Å². The van der Waals surface area contributed by atoms with E-state index in [9.17, 15) is 10.1 Å². The molecule has 0 spiro atoms. The summed E-state index contributed by atoms with van der Waals surface area (Å²) in [5, 5.41) is 11.6. The number of Topliss-reactive ketones (excluding diaryl/α,β-unsaturated/α-hetero) is 1. The van der Waals surface area contributed by atoms with E-state index >= 15 is 0 Å². The fourth-order valence-electron chi connectivity index (χ4n) is 6.56. The molecule has 0 unspecified atom stereocenters. The molecule has 2 N–H and O–H groups in total. The minimum absolute atomic E-state index is 0.0557. The van der Waals surface area contributed by atoms with Crippen LogP contribution in [0.3, 0.4) is 0 Å². The van der Waals surface area contributed by atoms with Gasteiger partial charge in [0.15, 0.2) is 23.1 Å². The highest BCUT2D eigenvalue weighted by Gasteiger charge is 2.48. The van der Waals surface area contributed by atoms with Crippen LogP contribution in [0, 0.1) is 16.7 Å². The molecular formula is C30H32N4O3S. The second-order valence-electron chi connectivity index (χ2n) is 11.2. The zero-order valence-electron chi connectivity index (χ0n) is 22.3. The lowest BCUT2D eigenvalue weighted by Crippen LogP contribution is -2.42. The van der Waals surface area contributed by atoms with Crippen molar-refractivity contribution in [3.05, 3.63) is 62.4 Å². The molecular weight excluding hydrogens is 496 g/mol. The fourth-order valence-corrected chi connectivity index (χ4v) is 7.99. The summed E-state index contributed by atoms with van der Waals surface area (Å²) in [6, 6.07) is 8.03. The molecule has 2 aliphatic heterocycles. The molecule has 0 fully saturated rings. The van der Waals surface area contributed by atoms with Gasteiger partial charge < -0.3 is 15.2 Å². The second-order valence-corrected chi connectivity index (χ2v) is 12.3. The van der Waals surface area contributed by atoms with Gasteiger partial charge in [0.2, 0.25) is 0 Å². The molecule has 38 heavy (non-hydrogen) atoms. The maximum Gasteiger partial charge on any atom is 0.164 e. The number of nitrogens with zero attached hydrogens (tertiary/aromatic N) is 3. The predicted octanol–water partition coefficient (Wildman–Crippen LogP) is 5.74. The molecule has 7 nitrogen and oxygen atoms in total. The number of carbonyl (C=O) groups excluding carboxylic acids is 1. The summed E-state index contributed by atoms with van der Waals surface area (Å²) < 4.78 is 11.4. The van der Waals surface area contributed by atoms with Crippen LogP contribution in [0.5, 0.6) is 11.5 Å². The van der Waals surface area contributed by atoms with Gasteiger partial charge in [-0.15, -0.1) is 11.3 Å². The van der Waals surface area contributed by atoms with Crippen molar-refractivity contribution in [2.75, 3.05) is 19.1 Å². The van der Waals surface area contributed by atoms with Gasteiger partial charge >= 0.3 is 0 Å². The third kappa shape index (κ3) is 3.59. The number of benzene rings is 1. The van der Waals surface area contributed by atoms with Gasteiger partial charge in [0.1, 0.15) is 10.8 Å². The number of allylic oxidation sites excluding steroid dienone is 3. The van der Waals surface area contributed by atoms with E-state index in [-0.39, 0.29) is 11.2 Å². The third-order valence-electron chi connectivity index (χ3n) is 8.15. The summed E-state index contributed by atoms with van der Waals surface area (Å²) in [6.45, 7) is 4.26. The molecule has 2 aliphatic carbocycles. The normalized spacial score (nSPS) is 22.0. The zero-order chi connectivity index (χ0) is 26.8. The summed E-state index contributed by atoms with van der Waals surface area (Å²) in [5.41, 5.74) is 11.4. The zero-order valence-corrected chi connectivity index (χ0v) is 23.1. The van der Waals surface area contributed by atoms with E-state index in [1.54, 1.807) is 25.6 Å². The Morgan fingerprint density at radius 2 is 1.95 bits per heavy atom. The molecule has 0 bridgehead atoms. The molecule has 0 saturated carbocycles. The lowest BCUT2D eigenvalue weighted by molar-refractivity contribution is -0.118. The average molecular weight is 529 g/mol. The van der Waals surface area contributed by atoms with Crippen LogP contribution in [0.15, 0.2) is 45.9 Å². The van der Waals surface area contributed by atoms with Crippen LogP contribution in [0.4, 0.5) is 5.00 Å². The van der Waals surface area contributed by atoms with Gasteiger partial charge in [-0.05, 0) is 49.1 Å². The standard InChI is InChI=1S/C30H32N4O3S/c1-30(2)13-19-25(20(35)14-30)23(17-10-8-11-21(36-3)26(17)37-4)18(15-31)28-33-27(32)24-16-9-6-5-7-12-22(16)38-29(24)34(19)28/h8,10-11,23H,5-7,9,12-14H2,1-4H3,(H2,32,33)/t23-/m0/s1. The average Bonchev–Trinajstić information content (AvgIpc) is 3.09. The summed E-state index contributed by atoms with van der Waals surface area (Å²) in [6.07, 6.45) is 6.61. The second kappa shape index (κ2) is 9.02. The van der Waals surface area contributed by atoms with E-state index in [1.807, 2.05) is 18.2 Å². The number of nitrogens with two attached hydrogens (primary N) is 1. The van der Waals surface area contributed by atoms with Crippen molar-refractivity contribution in [1.82, 2.24) is 0 Å². The number of methoxy groups -OCH3 is 2. The highest BCUT2D eigenvalue weighted by atomic mass is 32.1. The number of hydrogen-bond acceptors (Lipinski definition) is 8. The number of para-hydroxylation sites is 1. The number of ether oxygens (including phenoxy) is 2. The molecule has 6 rings (SSSR count). The van der Waals surface area contributed by atoms with Crippen molar-refractivity contribution < 1.29 is 14.3 Å². The summed E-state index contributed by atoms with van der Waals surface area (Å²) in [4.78, 5) is 22.4. The summed E-state index contributed by atoms with van der Waals surface area (Å²) >= 11 is 1.75. The van der Waals surface area contributed by atoms with Gasteiger partial charge in [-0.3, -0.25) is 9.69 Å². The maximum absolute atomic E-state index is 14.0. The van der Waals surface area contributed by atoms with Crippen LogP contribution in [0.25, 0.3) is 0 Å². The van der Waals surface area contributed by atoms with E-state index in [0.29, 0.717) is 47.1 Å². The van der Waals surface area contributed by atoms with Crippen LogP contribution in [-0.2, 0) is 17.6 Å². The quantitative estimate of drug-likeness (QED) is 0.510. The molecule has 8 heteroatoms. The Morgan fingerprint density at radius 1 is 1.16 bits per heavy atom. The molecule has 0 saturated heterocycles. The van der Waals surface area contributed by atoms with E-state index < -0.39 is 5.92 Å². The molecule has 0 amide bonds. The first-order valence-electron chi connectivity index (χ1n) is 13.2. The number of thiophene rings is 1. The number of nitriles is 1. The Kier molecular flexibility index (Phi) is 5.88. The van der Waals surface area contributed by atoms with Crippen LogP contribution in [0.2, 0.25) is 0 Å². The van der Waals surface area contributed by atoms with E-state index in [0.717, 1.165) is 47.5 Å². The van der Waals surface area contributed by atoms with Crippen molar-refractivity contribution in [3.8, 4) is 17.6 Å². The number of aryl methyl sites for hydroxylation is 1. The molecule has 4 aliphatic rings. The number of aliphatic imine (C=N–C) groups is 1. The van der Waals surface area contributed by atoms with Gasteiger partial charge in [0.25, 0.3) is 0 Å². The first-order chi connectivity index (χ1) is 18.3. The van der Waals surface area contributed by atoms with E-state index in [4.69, 9.17) is 20.2 Å². The Morgan fingerprint density at radius 3 is 2.68 bits per heavy atom. The number of fused-ring (bicyclic) bond motifs is 6. The van der Waals surface area contributed by atoms with Crippen LogP contribution in [0.1, 0.15) is 73.4 Å². The summed E-state index contributed by atoms with van der Waals surface area (Å²) in [7, 11) is 3.17. The smallest absolute Gasteiger partial charge is 0.164 e. The molecule has 196 valence electrons. The Bertz CT molecular complexity index is 1500. The fraction of sp³-hybridized carbons (Fsp3) is 0.433. The highest BCUT2D eigenvalue weighted by Crippen LogP contribution is 2.56. The number of rotatable bonds is 3. The van der Waals surface area contributed by atoms with E-state index in [1.165, 1.54) is 16.9 Å². The van der Waals surface area contributed by atoms with Crippen LogP contribution >= 0.6 is 11.3 Å². The van der Waals surface area contributed by atoms with Crippen molar-refractivity contribution in [3.63, 3.8) is 0 Å². The minimum Gasteiger partial charge on any atom is -0.493 e. The molecule has 1 atom stereocenters. The molecule has 3 heterocycles. The summed E-state index contributed by atoms with van der Waals surface area (Å²) in [5.74, 6) is 1.48. The Labute approximate surface area is 227 Å². The number of hydrogen-bond donors (Lipinski definition) is 1. The van der Waals surface area contributed by atoms with Crippen LogP contribution in [-0.4, -0.2) is 25.8 Å². The Balaban J connectivity index is 1.66. The largest absolute Gasteiger partial charge is 0.493 e. The monoisotopic (exact) mass is 528 g/mol. The van der Waals surface area contributed by atoms with Crippen molar-refractivity contribution in [2.24, 2.45) is 16.1 Å². The van der Waals surface area contributed by atoms with E-state index in [2.05, 4.69) is 24.8 Å². The van der Waals surface area contributed by atoms with Crippen molar-refractivity contribution in [2.45, 2.75) is 64.7 Å². The minimum atomic E-state index is -0.620. The first-order valence-corrected chi connectivity index (χ1v) is 14.0. The lowest BCUT2D eigenvalue weighted by Gasteiger charge is -2.44.